The van der Waals surface area contributed by atoms with E-state index in [0.29, 0.717) is 12.1 Å². The van der Waals surface area contributed by atoms with Crippen molar-refractivity contribution in [3.63, 3.8) is 0 Å². The maximum Gasteiger partial charge on any atom is 0.279 e. The van der Waals surface area contributed by atoms with Gasteiger partial charge in [-0.2, -0.15) is 0 Å². The summed E-state index contributed by atoms with van der Waals surface area (Å²) in [5.41, 5.74) is -5.13. The Morgan fingerprint density at radius 2 is 1.35 bits per heavy atom. The highest BCUT2D eigenvalue weighted by Gasteiger charge is 2.75. The fraction of sp³-hybridized carbons (Fsp3) is 0.489. The summed E-state index contributed by atoms with van der Waals surface area (Å²) in [5.74, 6) is -9.32. The van der Waals surface area contributed by atoms with Gasteiger partial charge in [-0.25, -0.2) is 0 Å². The summed E-state index contributed by atoms with van der Waals surface area (Å²) in [4.78, 5) is 29.3. The molecule has 4 saturated heterocycles. The van der Waals surface area contributed by atoms with Gasteiger partial charge in [-0.3, -0.25) is 9.59 Å². The Labute approximate surface area is 415 Å². The van der Waals surface area contributed by atoms with Crippen LogP contribution >= 0.6 is 0 Å². The number of aromatic hydroxyl groups is 4. The number of hydrogen-bond acceptors (Lipinski definition) is 27. The number of ketones is 1. The minimum atomic E-state index is -3.32. The van der Waals surface area contributed by atoms with Crippen molar-refractivity contribution in [3.8, 4) is 45.8 Å². The lowest BCUT2D eigenvalue weighted by molar-refractivity contribution is -0.405. The van der Waals surface area contributed by atoms with E-state index in [1.165, 1.54) is 18.2 Å². The Bertz CT molecular complexity index is 2750. The van der Waals surface area contributed by atoms with Crippen molar-refractivity contribution in [1.29, 1.82) is 0 Å². The number of rotatable bonds is 13. The molecule has 4 fully saturated rings. The maximum atomic E-state index is 14.7. The van der Waals surface area contributed by atoms with Crippen LogP contribution in [0.25, 0.3) is 28.4 Å². The molecule has 5 heterocycles. The Morgan fingerprint density at radius 1 is 0.703 bits per heavy atom. The van der Waals surface area contributed by atoms with Gasteiger partial charge >= 0.3 is 0 Å². The topological polar surface area (TPSA) is 456 Å². The molecule has 27 nitrogen and oxygen atoms in total. The minimum Gasteiger partial charge on any atom is -0.508 e. The largest absolute Gasteiger partial charge is 0.508 e. The van der Waals surface area contributed by atoms with Crippen LogP contribution in [0.1, 0.15) is 12.5 Å². The van der Waals surface area contributed by atoms with E-state index in [-0.39, 0.29) is 16.9 Å². The van der Waals surface area contributed by atoms with Gasteiger partial charge in [-0.05, 0) is 55.0 Å². The molecule has 0 spiro atoms. The number of phenols is 4. The average Bonchev–Trinajstić information content (AvgIpc) is 3.37. The number of hydrogen-bond donors (Lipinski definition) is 17. The molecular weight excluding hydrogens is 996 g/mol. The van der Waals surface area contributed by atoms with Gasteiger partial charge in [0.05, 0.1) is 25.9 Å². The molecule has 19 atom stereocenters. The molecule has 4 aliphatic rings. The Kier molecular flexibility index (Phi) is 15.6. The molecule has 4 aliphatic heterocycles. The first-order valence-corrected chi connectivity index (χ1v) is 22.7. The number of aliphatic hydroxyl groups excluding tert-OH is 13. The van der Waals surface area contributed by atoms with Gasteiger partial charge in [0.25, 0.3) is 5.79 Å². The molecule has 27 heteroatoms. The first-order valence-electron chi connectivity index (χ1n) is 22.7. The summed E-state index contributed by atoms with van der Waals surface area (Å²) < 4.78 is 46.6. The Morgan fingerprint density at radius 3 is 2.01 bits per heavy atom. The van der Waals surface area contributed by atoms with Gasteiger partial charge in [0, 0.05) is 17.7 Å². The summed E-state index contributed by atoms with van der Waals surface area (Å²) in [7, 11) is 0. The molecule has 3 aromatic carbocycles. The van der Waals surface area contributed by atoms with Crippen LogP contribution in [0.2, 0.25) is 0 Å². The Hall–Kier alpha value is -5.64. The summed E-state index contributed by atoms with van der Waals surface area (Å²) in [6, 6.07) is 9.66. The molecule has 0 unspecified atom stereocenters. The first kappa shape index (κ1) is 54.6. The van der Waals surface area contributed by atoms with E-state index in [2.05, 4.69) is 0 Å². The molecule has 4 aromatic rings. The highest BCUT2D eigenvalue weighted by atomic mass is 16.8. The van der Waals surface area contributed by atoms with Crippen LogP contribution in [0.5, 0.6) is 34.5 Å². The number of fused-ring (bicyclic) bond motifs is 1. The van der Waals surface area contributed by atoms with E-state index in [9.17, 15) is 96.4 Å². The normalized spacial score (nSPS) is 37.7. The second-order valence-corrected chi connectivity index (χ2v) is 18.1. The van der Waals surface area contributed by atoms with Crippen molar-refractivity contribution in [1.82, 2.24) is 0 Å². The van der Waals surface area contributed by atoms with Crippen LogP contribution in [0.15, 0.2) is 69.9 Å². The third kappa shape index (κ3) is 9.54. The number of carbonyl (C=O) groups is 1. The third-order valence-corrected chi connectivity index (χ3v) is 13.3. The zero-order valence-corrected chi connectivity index (χ0v) is 38.5. The molecule has 0 amide bonds. The lowest BCUT2D eigenvalue weighted by Crippen LogP contribution is -2.83. The number of carbonyl (C=O) groups excluding carboxylic acids is 1. The molecule has 0 aliphatic carbocycles. The van der Waals surface area contributed by atoms with Crippen LogP contribution in [0, 0.1) is 0 Å². The van der Waals surface area contributed by atoms with E-state index in [1.807, 2.05) is 0 Å². The molecule has 8 rings (SSSR count). The van der Waals surface area contributed by atoms with Crippen LogP contribution in [-0.4, -0.2) is 228 Å². The summed E-state index contributed by atoms with van der Waals surface area (Å²) in [5, 5.41) is 182. The van der Waals surface area contributed by atoms with Gasteiger partial charge in [0.15, 0.2) is 35.4 Å². The zero-order chi connectivity index (χ0) is 53.9. The highest BCUT2D eigenvalue weighted by molar-refractivity contribution is 6.02. The number of phenolic OH excluding ortho intramolecular Hbond substituents is 4. The van der Waals surface area contributed by atoms with Gasteiger partial charge in [-0.1, -0.05) is 12.1 Å². The van der Waals surface area contributed by atoms with Crippen molar-refractivity contribution < 1.29 is 129 Å². The summed E-state index contributed by atoms with van der Waals surface area (Å²) in [6.45, 7) is -1.44. The molecular formula is C47H54O27. The lowest BCUT2D eigenvalue weighted by Gasteiger charge is -2.58. The minimum absolute atomic E-state index is 0.0554. The van der Waals surface area contributed by atoms with Crippen LogP contribution in [0.3, 0.4) is 0 Å². The SMILES string of the molecule is C[C@H]1O[C@@](Oc2cc(O)c3c(=O)c(O[C@H]4O[C@H](CO[C@H]5O[C@@H](CO)[C@H](O)[C@H](O)[C@H]5O)[C@@H](O)[C@@H](O)[C@H]4O)c(-c4ccc(O)cc4)oc3c2)([C@]2(C(=O)C=Cc3ccc(O)c(O)c3)OC[C@H](O)[C@@H](O)[C@@H]2O)[C@H](O)[C@H](O)[C@@H]1O. The quantitative estimate of drug-likeness (QED) is 0.0440. The predicted octanol–water partition coefficient (Wildman–Crippen LogP) is -5.00. The number of benzene rings is 3. The molecule has 1 aromatic heterocycles. The summed E-state index contributed by atoms with van der Waals surface area (Å²) >= 11 is 0. The smallest absolute Gasteiger partial charge is 0.279 e. The molecule has 0 bridgehead atoms. The second-order valence-electron chi connectivity index (χ2n) is 18.1. The zero-order valence-electron chi connectivity index (χ0n) is 38.5. The van der Waals surface area contributed by atoms with E-state index in [4.69, 9.17) is 37.6 Å². The van der Waals surface area contributed by atoms with Crippen molar-refractivity contribution in [2.75, 3.05) is 19.8 Å². The monoisotopic (exact) mass is 1050 g/mol. The van der Waals surface area contributed by atoms with Crippen molar-refractivity contribution in [2.24, 2.45) is 0 Å². The Balaban J connectivity index is 1.21. The average molecular weight is 1050 g/mol. The van der Waals surface area contributed by atoms with Gasteiger partial charge in [0.1, 0.15) is 108 Å². The molecule has 0 radical (unpaired) electrons. The van der Waals surface area contributed by atoms with Crippen molar-refractivity contribution >= 4 is 22.8 Å². The summed E-state index contributed by atoms with van der Waals surface area (Å²) in [6.07, 6.45) is -32.3. The van der Waals surface area contributed by atoms with Gasteiger partial charge < -0.3 is 124 Å². The van der Waals surface area contributed by atoms with Gasteiger partial charge in [-0.15, -0.1) is 0 Å². The third-order valence-electron chi connectivity index (χ3n) is 13.3. The van der Waals surface area contributed by atoms with Crippen LogP contribution in [-0.2, 0) is 28.5 Å². The number of aliphatic hydroxyl groups is 13. The number of ether oxygens (including phenoxy) is 7. The molecule has 17 N–H and O–H groups in total. The van der Waals surface area contributed by atoms with Crippen LogP contribution < -0.4 is 14.9 Å². The molecule has 404 valence electrons. The van der Waals surface area contributed by atoms with E-state index in [0.717, 1.165) is 43.3 Å². The highest BCUT2D eigenvalue weighted by Crippen LogP contribution is 2.49. The van der Waals surface area contributed by atoms with E-state index in [1.54, 1.807) is 0 Å². The standard InChI is InChI=1S/C47H54O27/c1-16-30(55)37(62)43(66)47(73-16,46(42(65)31(56)24(53)14-68-46)28(54)9-3-17-2-8-21(50)22(51)10-17)74-20-11-23(52)29-25(12-20)69-40(18-4-6-19(49)7-5-18)41(34(29)59)72-45-39(64)36(61)33(58)27(71-45)15-67-44-38(63)35(60)32(57)26(13-48)70-44/h2-12,16,24,26-27,30-33,35-39,42-45,48-53,55-58,60-66H,13-15H2,1H3/t16-,24+,26+,27-,30-,31-,32+,33-,35+,36-,37-,38-,39-,42+,43-,44+,45-,46-,47+/m1/s1. The van der Waals surface area contributed by atoms with Gasteiger partial charge in [0.2, 0.25) is 23.1 Å². The fourth-order valence-corrected chi connectivity index (χ4v) is 9.12. The van der Waals surface area contributed by atoms with Crippen molar-refractivity contribution in [3.05, 3.63) is 76.5 Å². The molecule has 74 heavy (non-hydrogen) atoms. The van der Waals surface area contributed by atoms with Crippen molar-refractivity contribution in [2.45, 2.75) is 122 Å². The fourth-order valence-electron chi connectivity index (χ4n) is 9.12. The molecule has 0 saturated carbocycles. The van der Waals surface area contributed by atoms with E-state index < -0.39 is 192 Å². The van der Waals surface area contributed by atoms with Crippen LogP contribution in [0.4, 0.5) is 0 Å². The first-order chi connectivity index (χ1) is 35.0. The van der Waals surface area contributed by atoms with E-state index >= 15 is 0 Å². The maximum absolute atomic E-state index is 14.7. The second kappa shape index (κ2) is 21.2. The lowest BCUT2D eigenvalue weighted by atomic mass is 9.71. The predicted molar refractivity (Wildman–Crippen MR) is 241 cm³/mol.